The molecular formula is C3H2F5O3S-. The molecule has 1 unspecified atom stereocenters. The molecule has 0 aromatic rings. The summed E-state index contributed by atoms with van der Waals surface area (Å²) in [6.07, 6.45) is -12.5. The Kier molecular flexibility index (Phi) is 3.54. The predicted octanol–water partition coefficient (Wildman–Crippen LogP) is 1.34. The van der Waals surface area contributed by atoms with Gasteiger partial charge in [0.2, 0.25) is 0 Å². The third-order valence-electron chi connectivity index (χ3n) is 0.596. The molecule has 74 valence electrons. The van der Waals surface area contributed by atoms with Crippen molar-refractivity contribution in [3.63, 3.8) is 0 Å². The molecule has 0 amide bonds. The molecule has 3 nitrogen and oxygen atoms in total. The highest BCUT2D eigenvalue weighted by molar-refractivity contribution is 7.74. The van der Waals surface area contributed by atoms with E-state index in [4.69, 9.17) is 0 Å². The molecule has 0 aromatic carbocycles. The largest absolute Gasteiger partial charge is 0.750 e. The second kappa shape index (κ2) is 3.62. The van der Waals surface area contributed by atoms with Gasteiger partial charge in [0.1, 0.15) is 6.42 Å². The first-order valence-corrected chi connectivity index (χ1v) is 3.36. The van der Waals surface area contributed by atoms with Crippen molar-refractivity contribution in [3.05, 3.63) is 0 Å². The van der Waals surface area contributed by atoms with E-state index in [1.54, 1.807) is 0 Å². The standard InChI is InChI=1S/C3H3F5O3S/c4-2(5,6)1-3(7,8)11-12(9)10/h1H2,(H,9,10)/p-1. The Morgan fingerprint density at radius 3 is 1.92 bits per heavy atom. The summed E-state index contributed by atoms with van der Waals surface area (Å²) in [4.78, 5) is 0. The van der Waals surface area contributed by atoms with Gasteiger partial charge in [-0.3, -0.25) is 0 Å². The maximum absolute atomic E-state index is 11.8. The summed E-state index contributed by atoms with van der Waals surface area (Å²) in [7, 11) is 0. The minimum Gasteiger partial charge on any atom is -0.750 e. The van der Waals surface area contributed by atoms with Gasteiger partial charge in [0.05, 0.1) is 11.4 Å². The lowest BCUT2D eigenvalue weighted by Crippen LogP contribution is -2.29. The van der Waals surface area contributed by atoms with Crippen LogP contribution in [0.5, 0.6) is 0 Å². The van der Waals surface area contributed by atoms with Crippen molar-refractivity contribution in [1.82, 2.24) is 0 Å². The molecular weight excluding hydrogens is 211 g/mol. The van der Waals surface area contributed by atoms with E-state index in [-0.39, 0.29) is 0 Å². The number of halogens is 5. The summed E-state index contributed by atoms with van der Waals surface area (Å²) in [5.74, 6) is 0. The minimum atomic E-state index is -5.18. The Morgan fingerprint density at radius 2 is 1.67 bits per heavy atom. The molecule has 0 fully saturated rings. The molecule has 9 heteroatoms. The van der Waals surface area contributed by atoms with Crippen molar-refractivity contribution in [3.8, 4) is 0 Å². The number of rotatable bonds is 3. The monoisotopic (exact) mass is 213 g/mol. The molecule has 1 atom stereocenters. The first kappa shape index (κ1) is 11.7. The van der Waals surface area contributed by atoms with Crippen molar-refractivity contribution in [2.45, 2.75) is 18.7 Å². The van der Waals surface area contributed by atoms with Gasteiger partial charge in [-0.05, 0) is 0 Å². The molecule has 0 aliphatic carbocycles. The van der Waals surface area contributed by atoms with Crippen LogP contribution < -0.4 is 0 Å². The van der Waals surface area contributed by atoms with Crippen LogP contribution in [0.15, 0.2) is 0 Å². The van der Waals surface area contributed by atoms with Gasteiger partial charge >= 0.3 is 12.3 Å². The molecule has 0 aliphatic heterocycles. The Labute approximate surface area is 66.0 Å². The van der Waals surface area contributed by atoms with Gasteiger partial charge < -0.3 is 4.55 Å². The van der Waals surface area contributed by atoms with Crippen molar-refractivity contribution >= 4 is 11.4 Å². The molecule has 0 saturated heterocycles. The van der Waals surface area contributed by atoms with Gasteiger partial charge in [-0.25, -0.2) is 8.39 Å². The molecule has 0 radical (unpaired) electrons. The SMILES string of the molecule is O=S([O-])OC(F)(F)CC(F)(F)F. The average Bonchev–Trinajstić information content (AvgIpc) is 1.48. The topological polar surface area (TPSA) is 49.4 Å². The summed E-state index contributed by atoms with van der Waals surface area (Å²) >= 11 is -3.67. The van der Waals surface area contributed by atoms with Gasteiger partial charge in [0, 0.05) is 0 Å². The van der Waals surface area contributed by atoms with E-state index in [9.17, 15) is 30.7 Å². The molecule has 12 heavy (non-hydrogen) atoms. The van der Waals surface area contributed by atoms with E-state index in [0.29, 0.717) is 0 Å². The summed E-state index contributed by atoms with van der Waals surface area (Å²) in [6.45, 7) is 0. The van der Waals surface area contributed by atoms with E-state index >= 15 is 0 Å². The fourth-order valence-electron chi connectivity index (χ4n) is 0.362. The second-order valence-corrected chi connectivity index (χ2v) is 2.29. The first-order valence-electron chi connectivity index (χ1n) is 2.36. The highest BCUT2D eigenvalue weighted by Gasteiger charge is 2.45. The van der Waals surface area contributed by atoms with Crippen molar-refractivity contribution in [2.75, 3.05) is 0 Å². The Hall–Kier alpha value is -0.280. The molecule has 0 saturated carbocycles. The van der Waals surface area contributed by atoms with Crippen LogP contribution in [-0.4, -0.2) is 21.0 Å². The minimum absolute atomic E-state index is 2.63. The van der Waals surface area contributed by atoms with Crippen LogP contribution in [0, 0.1) is 0 Å². The Balaban J connectivity index is 4.13. The van der Waals surface area contributed by atoms with E-state index in [0.717, 1.165) is 0 Å². The normalized spacial score (nSPS) is 16.2. The average molecular weight is 213 g/mol. The lowest BCUT2D eigenvalue weighted by molar-refractivity contribution is -0.253. The Bertz CT molecular complexity index is 177. The summed E-state index contributed by atoms with van der Waals surface area (Å²) in [5.41, 5.74) is 0. The zero-order valence-electron chi connectivity index (χ0n) is 5.23. The van der Waals surface area contributed by atoms with Gasteiger partial charge in [0.15, 0.2) is 0 Å². The fraction of sp³-hybridized carbons (Fsp3) is 1.00. The Morgan fingerprint density at radius 1 is 1.25 bits per heavy atom. The maximum atomic E-state index is 11.8. The predicted molar refractivity (Wildman–Crippen MR) is 25.6 cm³/mol. The lowest BCUT2D eigenvalue weighted by Gasteiger charge is -2.18. The van der Waals surface area contributed by atoms with Crippen LogP contribution in [0.4, 0.5) is 22.0 Å². The van der Waals surface area contributed by atoms with Gasteiger partial charge in [-0.1, -0.05) is 0 Å². The van der Waals surface area contributed by atoms with E-state index in [1.807, 2.05) is 0 Å². The van der Waals surface area contributed by atoms with Crippen molar-refractivity contribution in [1.29, 1.82) is 0 Å². The van der Waals surface area contributed by atoms with E-state index < -0.39 is 30.1 Å². The maximum Gasteiger partial charge on any atom is 0.397 e. The van der Waals surface area contributed by atoms with Crippen LogP contribution in [0.2, 0.25) is 0 Å². The number of hydrogen-bond donors (Lipinski definition) is 0. The first-order chi connectivity index (χ1) is 5.12. The quantitative estimate of drug-likeness (QED) is 0.525. The zero-order valence-corrected chi connectivity index (χ0v) is 6.05. The fourth-order valence-corrected chi connectivity index (χ4v) is 0.620. The van der Waals surface area contributed by atoms with Crippen molar-refractivity contribution < 1.29 is 34.9 Å². The van der Waals surface area contributed by atoms with Crippen molar-refractivity contribution in [2.24, 2.45) is 0 Å². The third-order valence-corrected chi connectivity index (χ3v) is 0.976. The summed E-state index contributed by atoms with van der Waals surface area (Å²) in [5, 5.41) is 0. The van der Waals surface area contributed by atoms with E-state index in [2.05, 4.69) is 4.18 Å². The highest BCUT2D eigenvalue weighted by atomic mass is 32.2. The van der Waals surface area contributed by atoms with Gasteiger partial charge in [-0.15, -0.1) is 0 Å². The van der Waals surface area contributed by atoms with Gasteiger partial charge in [-0.2, -0.15) is 22.0 Å². The van der Waals surface area contributed by atoms with Crippen LogP contribution in [0.1, 0.15) is 6.42 Å². The molecule has 0 heterocycles. The van der Waals surface area contributed by atoms with Crippen LogP contribution >= 0.6 is 0 Å². The molecule has 0 rings (SSSR count). The van der Waals surface area contributed by atoms with E-state index in [1.165, 1.54) is 0 Å². The molecule has 0 aliphatic rings. The third kappa shape index (κ3) is 6.43. The number of hydrogen-bond acceptors (Lipinski definition) is 3. The van der Waals surface area contributed by atoms with Crippen LogP contribution in [-0.2, 0) is 15.5 Å². The molecule has 0 N–H and O–H groups in total. The smallest absolute Gasteiger partial charge is 0.397 e. The summed E-state index contributed by atoms with van der Waals surface area (Å²) < 4.78 is 78.9. The zero-order chi connectivity index (χ0) is 9.99. The number of alkyl halides is 5. The molecule has 0 spiro atoms. The lowest BCUT2D eigenvalue weighted by atomic mass is 10.4. The highest BCUT2D eigenvalue weighted by Crippen LogP contribution is 2.32. The van der Waals surface area contributed by atoms with Crippen LogP contribution in [0.25, 0.3) is 0 Å². The van der Waals surface area contributed by atoms with Gasteiger partial charge in [0.25, 0.3) is 0 Å². The summed E-state index contributed by atoms with van der Waals surface area (Å²) in [6, 6.07) is 0. The molecule has 0 bridgehead atoms. The molecule has 0 aromatic heterocycles. The van der Waals surface area contributed by atoms with Crippen LogP contribution in [0.3, 0.4) is 0 Å². The second-order valence-electron chi connectivity index (χ2n) is 1.72.